The number of primary amides is 1. The fourth-order valence-corrected chi connectivity index (χ4v) is 3.90. The molecule has 0 aromatic heterocycles. The number of nitrogens with one attached hydrogen (secondary N) is 1. The third-order valence-corrected chi connectivity index (χ3v) is 5.43. The zero-order chi connectivity index (χ0) is 21.1. The van der Waals surface area contributed by atoms with Crippen molar-refractivity contribution in [1.29, 1.82) is 0 Å². The maximum Gasteiger partial charge on any atom is 0.272 e. The van der Waals surface area contributed by atoms with E-state index in [1.807, 2.05) is 18.2 Å². The van der Waals surface area contributed by atoms with Crippen LogP contribution in [0.4, 0.5) is 21.5 Å². The number of benzene rings is 2. The number of carbonyl (C=O) groups is 2. The van der Waals surface area contributed by atoms with E-state index in [1.165, 1.54) is 23.6 Å². The number of amides is 2. The van der Waals surface area contributed by atoms with Crippen molar-refractivity contribution >= 4 is 34.6 Å². The Hall–Kier alpha value is -3.42. The van der Waals surface area contributed by atoms with Crippen molar-refractivity contribution < 1.29 is 14.0 Å². The van der Waals surface area contributed by atoms with Gasteiger partial charge in [-0.25, -0.2) is 4.39 Å². The first kappa shape index (κ1) is 19.9. The van der Waals surface area contributed by atoms with Crippen molar-refractivity contribution in [2.45, 2.75) is 31.7 Å². The topological polar surface area (TPSA) is 91.0 Å². The molecule has 8 heteroatoms. The Kier molecular flexibility index (Phi) is 5.65. The second kappa shape index (κ2) is 8.52. The van der Waals surface area contributed by atoms with Gasteiger partial charge in [-0.2, -0.15) is 5.10 Å². The lowest BCUT2D eigenvalue weighted by molar-refractivity contribution is -0.119. The number of para-hydroxylation sites is 1. The Morgan fingerprint density at radius 2 is 1.80 bits per heavy atom. The average molecular weight is 409 g/mol. The molecule has 0 saturated carbocycles. The normalized spacial score (nSPS) is 18.8. The monoisotopic (exact) mass is 409 g/mol. The fourth-order valence-electron chi connectivity index (χ4n) is 3.90. The van der Waals surface area contributed by atoms with Crippen LogP contribution in [0.1, 0.15) is 25.7 Å². The predicted octanol–water partition coefficient (Wildman–Crippen LogP) is 2.87. The van der Waals surface area contributed by atoms with Gasteiger partial charge in [-0.1, -0.05) is 18.2 Å². The molecule has 2 aliphatic rings. The van der Waals surface area contributed by atoms with Crippen LogP contribution in [-0.4, -0.2) is 36.7 Å². The van der Waals surface area contributed by atoms with E-state index in [0.717, 1.165) is 31.6 Å². The van der Waals surface area contributed by atoms with Gasteiger partial charge in [0.1, 0.15) is 17.6 Å². The maximum atomic E-state index is 13.9. The summed E-state index contributed by atoms with van der Waals surface area (Å²) < 4.78 is 13.9. The van der Waals surface area contributed by atoms with Crippen molar-refractivity contribution in [2.24, 2.45) is 10.8 Å². The number of hydrogen-bond acceptors (Lipinski definition) is 5. The van der Waals surface area contributed by atoms with Gasteiger partial charge in [-0.05, 0) is 49.6 Å². The Morgan fingerprint density at radius 1 is 1.07 bits per heavy atom. The Bertz CT molecular complexity index is 973. The Balaban J connectivity index is 1.58. The van der Waals surface area contributed by atoms with Crippen molar-refractivity contribution in [3.8, 4) is 0 Å². The molecule has 7 nitrogen and oxygen atoms in total. The van der Waals surface area contributed by atoms with E-state index in [2.05, 4.69) is 15.3 Å². The number of anilines is 3. The van der Waals surface area contributed by atoms with E-state index in [-0.39, 0.29) is 12.1 Å². The van der Waals surface area contributed by atoms with Gasteiger partial charge in [-0.15, -0.1) is 0 Å². The van der Waals surface area contributed by atoms with Crippen molar-refractivity contribution in [3.63, 3.8) is 0 Å². The molecule has 1 fully saturated rings. The number of rotatable bonds is 5. The third kappa shape index (κ3) is 4.12. The van der Waals surface area contributed by atoms with Crippen LogP contribution in [0.25, 0.3) is 0 Å². The third-order valence-electron chi connectivity index (χ3n) is 5.43. The Labute approximate surface area is 174 Å². The molecule has 0 radical (unpaired) electrons. The molecule has 4 rings (SSSR count). The van der Waals surface area contributed by atoms with Crippen LogP contribution in [0.15, 0.2) is 53.6 Å². The zero-order valence-corrected chi connectivity index (χ0v) is 16.6. The minimum absolute atomic E-state index is 0.0877. The van der Waals surface area contributed by atoms with Crippen LogP contribution in [0.2, 0.25) is 0 Å². The molecule has 2 aromatic rings. The van der Waals surface area contributed by atoms with E-state index in [1.54, 1.807) is 18.2 Å². The lowest BCUT2D eigenvalue weighted by atomic mass is 10.1. The number of nitrogens with zero attached hydrogens (tertiary/aromatic N) is 3. The molecule has 2 heterocycles. The van der Waals surface area contributed by atoms with Crippen LogP contribution in [0.3, 0.4) is 0 Å². The van der Waals surface area contributed by atoms with E-state index >= 15 is 0 Å². The maximum absolute atomic E-state index is 13.9. The highest BCUT2D eigenvalue weighted by Crippen LogP contribution is 2.30. The van der Waals surface area contributed by atoms with Crippen LogP contribution in [0, 0.1) is 5.82 Å². The summed E-state index contributed by atoms with van der Waals surface area (Å²) in [5, 5.41) is 8.61. The Morgan fingerprint density at radius 3 is 2.50 bits per heavy atom. The minimum Gasteiger partial charge on any atom is -0.370 e. The smallest absolute Gasteiger partial charge is 0.272 e. The van der Waals surface area contributed by atoms with E-state index < -0.39 is 23.7 Å². The lowest BCUT2D eigenvalue weighted by Gasteiger charge is -2.30. The molecule has 0 spiro atoms. The van der Waals surface area contributed by atoms with E-state index in [0.29, 0.717) is 11.4 Å². The second-order valence-electron chi connectivity index (χ2n) is 7.51. The summed E-state index contributed by atoms with van der Waals surface area (Å²) in [6.45, 7) is 1.72. The molecule has 3 N–H and O–H groups in total. The highest BCUT2D eigenvalue weighted by atomic mass is 19.1. The fraction of sp³-hybridized carbons (Fsp3) is 0.318. The number of halogens is 1. The molecular formula is C22H24FN5O2. The molecule has 156 valence electrons. The summed E-state index contributed by atoms with van der Waals surface area (Å²) in [5.41, 5.74) is 7.58. The quantitative estimate of drug-likeness (QED) is 0.795. The summed E-state index contributed by atoms with van der Waals surface area (Å²) in [5.74, 6) is -1.46. The number of hydrogen-bond donors (Lipinski definition) is 2. The van der Waals surface area contributed by atoms with Crippen molar-refractivity contribution in [2.75, 3.05) is 28.3 Å². The van der Waals surface area contributed by atoms with Crippen molar-refractivity contribution in [3.05, 3.63) is 54.3 Å². The molecule has 1 saturated heterocycles. The second-order valence-corrected chi connectivity index (χ2v) is 7.51. The summed E-state index contributed by atoms with van der Waals surface area (Å²) in [6, 6.07) is 12.7. The van der Waals surface area contributed by atoms with Crippen LogP contribution in [0.5, 0.6) is 0 Å². The molecule has 0 bridgehead atoms. The van der Waals surface area contributed by atoms with Gasteiger partial charge < -0.3 is 16.0 Å². The van der Waals surface area contributed by atoms with Gasteiger partial charge >= 0.3 is 0 Å². The van der Waals surface area contributed by atoms with Gasteiger partial charge in [0.05, 0.1) is 17.1 Å². The molecular weight excluding hydrogens is 385 g/mol. The van der Waals surface area contributed by atoms with Gasteiger partial charge in [0.15, 0.2) is 0 Å². The first-order chi connectivity index (χ1) is 14.5. The van der Waals surface area contributed by atoms with Gasteiger partial charge in [-0.3, -0.25) is 14.6 Å². The SMILES string of the molecule is NC(=O)C1CC(C(=O)Nc2cc(F)ccc2N2CCCCC2)=NN1c1ccccc1. The summed E-state index contributed by atoms with van der Waals surface area (Å²) >= 11 is 0. The largest absolute Gasteiger partial charge is 0.370 e. The molecule has 1 atom stereocenters. The summed E-state index contributed by atoms with van der Waals surface area (Å²) in [6.07, 6.45) is 3.37. The first-order valence-electron chi connectivity index (χ1n) is 10.1. The first-order valence-corrected chi connectivity index (χ1v) is 10.1. The highest BCUT2D eigenvalue weighted by Gasteiger charge is 2.35. The number of piperidine rings is 1. The summed E-state index contributed by atoms with van der Waals surface area (Å²) in [4.78, 5) is 27.0. The number of hydrazone groups is 1. The van der Waals surface area contributed by atoms with Crippen LogP contribution < -0.4 is 21.0 Å². The molecule has 30 heavy (non-hydrogen) atoms. The molecule has 1 unspecified atom stereocenters. The van der Waals surface area contributed by atoms with Gasteiger partial charge in [0.2, 0.25) is 5.91 Å². The van der Waals surface area contributed by atoms with Crippen LogP contribution in [-0.2, 0) is 9.59 Å². The number of nitrogens with two attached hydrogens (primary N) is 1. The summed E-state index contributed by atoms with van der Waals surface area (Å²) in [7, 11) is 0. The predicted molar refractivity (Wildman–Crippen MR) is 115 cm³/mol. The molecule has 2 aromatic carbocycles. The molecule has 0 aliphatic carbocycles. The van der Waals surface area contributed by atoms with Crippen molar-refractivity contribution in [1.82, 2.24) is 0 Å². The number of carbonyl (C=O) groups excluding carboxylic acids is 2. The standard InChI is InChI=1S/C22H24FN5O2/c23-15-9-10-19(27-11-5-2-6-12-27)17(13-15)25-22(30)18-14-20(21(24)29)28(26-18)16-7-3-1-4-8-16/h1,3-4,7-10,13,20H,2,5-6,11-12,14H2,(H2,24,29)(H,25,30). The highest BCUT2D eigenvalue weighted by molar-refractivity contribution is 6.44. The average Bonchev–Trinajstić information content (AvgIpc) is 3.21. The van der Waals surface area contributed by atoms with E-state index in [4.69, 9.17) is 5.73 Å². The van der Waals surface area contributed by atoms with Gasteiger partial charge in [0, 0.05) is 19.5 Å². The minimum atomic E-state index is -0.748. The van der Waals surface area contributed by atoms with Crippen LogP contribution >= 0.6 is 0 Å². The van der Waals surface area contributed by atoms with E-state index in [9.17, 15) is 14.0 Å². The lowest BCUT2D eigenvalue weighted by Crippen LogP contribution is -2.39. The zero-order valence-electron chi connectivity index (χ0n) is 16.6. The molecule has 2 amide bonds. The van der Waals surface area contributed by atoms with Gasteiger partial charge in [0.25, 0.3) is 5.91 Å². The molecule has 2 aliphatic heterocycles.